The molecule has 2 fully saturated rings. The first-order valence-electron chi connectivity index (χ1n) is 7.49. The maximum Gasteiger partial charge on any atom is 0.225 e. The maximum atomic E-state index is 5.09. The summed E-state index contributed by atoms with van der Waals surface area (Å²) in [5.74, 6) is 0.756. The van der Waals surface area contributed by atoms with Crippen LogP contribution in [-0.4, -0.2) is 6.29 Å². The van der Waals surface area contributed by atoms with Crippen molar-refractivity contribution in [2.45, 2.75) is 79.9 Å². The van der Waals surface area contributed by atoms with Gasteiger partial charge in [-0.25, -0.2) is 0 Å². The van der Waals surface area contributed by atoms with E-state index in [0.29, 0.717) is 16.2 Å². The Hall–Kier alpha value is -0.0800. The van der Waals surface area contributed by atoms with E-state index in [1.807, 2.05) is 0 Å². The Balaban J connectivity index is 2.33. The van der Waals surface area contributed by atoms with Crippen molar-refractivity contribution in [2.75, 3.05) is 0 Å². The van der Waals surface area contributed by atoms with E-state index >= 15 is 0 Å². The van der Waals surface area contributed by atoms with Gasteiger partial charge in [0, 0.05) is 6.42 Å². The highest BCUT2D eigenvalue weighted by Crippen LogP contribution is 2.61. The molecule has 0 spiro atoms. The molecule has 1 aliphatic carbocycles. The van der Waals surface area contributed by atoms with Gasteiger partial charge in [-0.3, -0.25) is 0 Å². The van der Waals surface area contributed by atoms with Crippen molar-refractivity contribution < 1.29 is 9.78 Å². The van der Waals surface area contributed by atoms with Gasteiger partial charge in [-0.2, -0.15) is 9.78 Å². The van der Waals surface area contributed by atoms with Crippen LogP contribution in [0.2, 0.25) is 0 Å². The summed E-state index contributed by atoms with van der Waals surface area (Å²) in [6.07, 6.45) is 6.54. The molecule has 0 amide bonds. The minimum atomic E-state index is 0.0622. The molecule has 1 saturated heterocycles. The fourth-order valence-electron chi connectivity index (χ4n) is 4.35. The Kier molecular flexibility index (Phi) is 3.57. The van der Waals surface area contributed by atoms with Gasteiger partial charge in [-0.1, -0.05) is 54.4 Å². The average Bonchev–Trinajstić information content (AvgIpc) is 2.99. The lowest BCUT2D eigenvalue weighted by Crippen LogP contribution is -2.50. The van der Waals surface area contributed by atoms with E-state index < -0.39 is 0 Å². The van der Waals surface area contributed by atoms with Crippen LogP contribution in [0.25, 0.3) is 0 Å². The molecule has 1 heterocycles. The molecule has 0 N–H and O–H groups in total. The van der Waals surface area contributed by atoms with E-state index in [4.69, 9.17) is 9.78 Å². The Labute approximate surface area is 112 Å². The second-order valence-electron chi connectivity index (χ2n) is 8.40. The summed E-state index contributed by atoms with van der Waals surface area (Å²) in [6.45, 7) is 14.4. The van der Waals surface area contributed by atoms with Gasteiger partial charge in [0.1, 0.15) is 0 Å². The highest BCUT2D eigenvalue weighted by Gasteiger charge is 2.55. The van der Waals surface area contributed by atoms with Gasteiger partial charge >= 0.3 is 0 Å². The summed E-state index contributed by atoms with van der Waals surface area (Å²) in [5, 5.41) is 0. The van der Waals surface area contributed by atoms with E-state index in [-0.39, 0.29) is 6.29 Å². The summed E-state index contributed by atoms with van der Waals surface area (Å²) < 4.78 is 0. The van der Waals surface area contributed by atoms with Crippen LogP contribution >= 0.6 is 0 Å². The molecule has 1 aliphatic heterocycles. The van der Waals surface area contributed by atoms with Gasteiger partial charge in [0.2, 0.25) is 6.29 Å². The van der Waals surface area contributed by atoms with E-state index in [2.05, 4.69) is 41.5 Å². The van der Waals surface area contributed by atoms with Crippen molar-refractivity contribution in [3.63, 3.8) is 0 Å². The summed E-state index contributed by atoms with van der Waals surface area (Å²) in [4.78, 5) is 10.2. The maximum absolute atomic E-state index is 5.09. The summed E-state index contributed by atoms with van der Waals surface area (Å²) in [6, 6.07) is 0. The molecule has 2 unspecified atom stereocenters. The quantitative estimate of drug-likeness (QED) is 0.515. The van der Waals surface area contributed by atoms with Crippen LogP contribution in [0.5, 0.6) is 0 Å². The van der Waals surface area contributed by atoms with Crippen LogP contribution in [0, 0.1) is 22.2 Å². The Morgan fingerprint density at radius 1 is 1.00 bits per heavy atom. The van der Waals surface area contributed by atoms with Crippen molar-refractivity contribution >= 4 is 0 Å². The minimum absolute atomic E-state index is 0.0622. The zero-order chi connectivity index (χ0) is 13.6. The zero-order valence-corrected chi connectivity index (χ0v) is 13.0. The second kappa shape index (κ2) is 4.49. The Bertz CT molecular complexity index is 293. The molecular weight excluding hydrogens is 224 g/mol. The van der Waals surface area contributed by atoms with Gasteiger partial charge in [0.25, 0.3) is 0 Å². The largest absolute Gasteiger partial charge is 0.225 e. The molecule has 1 saturated carbocycles. The zero-order valence-electron chi connectivity index (χ0n) is 13.0. The average molecular weight is 254 g/mol. The van der Waals surface area contributed by atoms with Crippen LogP contribution in [0.4, 0.5) is 0 Å². The summed E-state index contributed by atoms with van der Waals surface area (Å²) in [7, 11) is 0. The molecule has 0 bridgehead atoms. The number of hydrogen-bond acceptors (Lipinski definition) is 2. The molecule has 0 aromatic rings. The number of hydrogen-bond donors (Lipinski definition) is 0. The Morgan fingerprint density at radius 2 is 1.61 bits per heavy atom. The number of rotatable bonds is 2. The predicted molar refractivity (Wildman–Crippen MR) is 73.9 cm³/mol. The normalized spacial score (nSPS) is 34.7. The van der Waals surface area contributed by atoms with Crippen molar-refractivity contribution in [3.8, 4) is 0 Å². The highest BCUT2D eigenvalue weighted by atomic mass is 17.4. The third-order valence-corrected chi connectivity index (χ3v) is 5.34. The molecule has 2 nitrogen and oxygen atoms in total. The van der Waals surface area contributed by atoms with Crippen LogP contribution < -0.4 is 0 Å². The molecule has 2 aliphatic rings. The van der Waals surface area contributed by atoms with Gasteiger partial charge in [0.15, 0.2) is 0 Å². The smallest absolute Gasteiger partial charge is 0.198 e. The molecular formula is C16H30O2. The molecule has 0 aromatic carbocycles. The van der Waals surface area contributed by atoms with Crippen LogP contribution in [0.15, 0.2) is 0 Å². The summed E-state index contributed by atoms with van der Waals surface area (Å²) >= 11 is 0. The van der Waals surface area contributed by atoms with Gasteiger partial charge < -0.3 is 0 Å². The highest BCUT2D eigenvalue weighted by molar-refractivity contribution is 5.02. The molecule has 2 heteroatoms. The topological polar surface area (TPSA) is 25.1 Å². The Morgan fingerprint density at radius 3 is 2.06 bits per heavy atom. The van der Waals surface area contributed by atoms with Gasteiger partial charge in [-0.15, -0.1) is 0 Å². The van der Waals surface area contributed by atoms with Crippen LogP contribution in [0.3, 0.4) is 0 Å². The van der Waals surface area contributed by atoms with Gasteiger partial charge in [0.05, 0.1) is 0 Å². The molecule has 18 heavy (non-hydrogen) atoms. The molecule has 0 radical (unpaired) electrons. The first kappa shape index (κ1) is 14.3. The third kappa shape index (κ3) is 2.60. The lowest BCUT2D eigenvalue weighted by atomic mass is 9.48. The van der Waals surface area contributed by atoms with Gasteiger partial charge in [-0.05, 0) is 35.0 Å². The van der Waals surface area contributed by atoms with Crippen molar-refractivity contribution in [1.29, 1.82) is 0 Å². The van der Waals surface area contributed by atoms with E-state index in [9.17, 15) is 0 Å². The van der Waals surface area contributed by atoms with Crippen molar-refractivity contribution in [2.24, 2.45) is 22.2 Å². The lowest BCUT2D eigenvalue weighted by molar-refractivity contribution is -0.0831. The third-order valence-electron chi connectivity index (χ3n) is 5.34. The monoisotopic (exact) mass is 254 g/mol. The predicted octanol–water partition coefficient (Wildman–Crippen LogP) is 4.93. The molecule has 2 atom stereocenters. The summed E-state index contributed by atoms with van der Waals surface area (Å²) in [5.41, 5.74) is 1.02. The van der Waals surface area contributed by atoms with Crippen LogP contribution in [0.1, 0.15) is 73.6 Å². The molecule has 0 aromatic heterocycles. The fourth-order valence-corrected chi connectivity index (χ4v) is 4.35. The van der Waals surface area contributed by atoms with Crippen LogP contribution in [-0.2, 0) is 9.78 Å². The van der Waals surface area contributed by atoms with Crippen molar-refractivity contribution in [1.82, 2.24) is 0 Å². The van der Waals surface area contributed by atoms with E-state index in [1.54, 1.807) is 0 Å². The molecule has 2 rings (SSSR count). The second-order valence-corrected chi connectivity index (χ2v) is 8.40. The first-order chi connectivity index (χ1) is 8.17. The van der Waals surface area contributed by atoms with Crippen molar-refractivity contribution in [3.05, 3.63) is 0 Å². The van der Waals surface area contributed by atoms with E-state index in [0.717, 1.165) is 12.3 Å². The first-order valence-corrected chi connectivity index (χ1v) is 7.49. The standard InChI is InChI=1S/C16H30O2/c1-14(2,3)12-9-7-8-10-16(12,15(4,5)6)11-13-17-18-13/h12-13H,7-11H2,1-6H3. The van der Waals surface area contributed by atoms with E-state index in [1.165, 1.54) is 25.7 Å². The SMILES string of the molecule is CC(C)(C)C1CCCCC1(CC1OO1)C(C)(C)C. The fraction of sp³-hybridized carbons (Fsp3) is 1.00. The minimum Gasteiger partial charge on any atom is -0.198 e. The molecule has 106 valence electrons. The lowest BCUT2D eigenvalue weighted by Gasteiger charge is -2.57.